The van der Waals surface area contributed by atoms with Gasteiger partial charge in [-0.15, -0.1) is 11.3 Å². The van der Waals surface area contributed by atoms with Gasteiger partial charge < -0.3 is 10.6 Å². The summed E-state index contributed by atoms with van der Waals surface area (Å²) >= 11 is 1.48. The molecule has 0 saturated carbocycles. The monoisotopic (exact) mass is 236 g/mol. The second-order valence-corrected chi connectivity index (χ2v) is 5.44. The van der Waals surface area contributed by atoms with Gasteiger partial charge in [-0.25, -0.2) is 0 Å². The van der Waals surface area contributed by atoms with Crippen LogP contribution < -0.4 is 5.73 Å². The van der Waals surface area contributed by atoms with Crippen LogP contribution in [-0.4, -0.2) is 23.9 Å². The van der Waals surface area contributed by atoms with Crippen LogP contribution in [0.25, 0.3) is 0 Å². The highest BCUT2D eigenvalue weighted by Gasteiger charge is 2.20. The van der Waals surface area contributed by atoms with Crippen molar-refractivity contribution in [3.8, 4) is 0 Å². The molecule has 0 unspecified atom stereocenters. The molecule has 1 aromatic rings. The van der Waals surface area contributed by atoms with Crippen LogP contribution in [0, 0.1) is 6.92 Å². The molecule has 16 heavy (non-hydrogen) atoms. The second kappa shape index (κ2) is 4.29. The summed E-state index contributed by atoms with van der Waals surface area (Å²) < 4.78 is 0. The lowest BCUT2D eigenvalue weighted by Crippen LogP contribution is -2.34. The van der Waals surface area contributed by atoms with E-state index in [1.165, 1.54) is 16.9 Å². The highest BCUT2D eigenvalue weighted by Crippen LogP contribution is 2.25. The Kier molecular flexibility index (Phi) is 3.01. The standard InChI is InChI=1S/C12H16N2OS/c1-8-4-3-5-14(7-8)12(15)11-6-10(13)9(2)16-11/h4,6H,3,5,7,13H2,1-2H3. The zero-order valence-electron chi connectivity index (χ0n) is 9.62. The molecule has 0 aromatic carbocycles. The molecule has 0 fully saturated rings. The molecule has 3 nitrogen and oxygen atoms in total. The fourth-order valence-corrected chi connectivity index (χ4v) is 2.75. The zero-order chi connectivity index (χ0) is 11.7. The van der Waals surface area contributed by atoms with Crippen LogP contribution >= 0.6 is 11.3 Å². The highest BCUT2D eigenvalue weighted by molar-refractivity contribution is 7.14. The van der Waals surface area contributed by atoms with E-state index in [1.807, 2.05) is 11.8 Å². The molecular formula is C12H16N2OS. The zero-order valence-corrected chi connectivity index (χ0v) is 10.4. The number of nitrogens with two attached hydrogens (primary N) is 1. The molecule has 1 aliphatic heterocycles. The van der Waals surface area contributed by atoms with Crippen LogP contribution in [0.2, 0.25) is 0 Å². The Morgan fingerprint density at radius 3 is 2.81 bits per heavy atom. The van der Waals surface area contributed by atoms with Gasteiger partial charge in [0.15, 0.2) is 0 Å². The van der Waals surface area contributed by atoms with Crippen molar-refractivity contribution in [3.05, 3.63) is 27.5 Å². The average Bonchev–Trinajstić information content (AvgIpc) is 2.58. The summed E-state index contributed by atoms with van der Waals surface area (Å²) in [6, 6.07) is 1.79. The van der Waals surface area contributed by atoms with Crippen molar-refractivity contribution in [2.45, 2.75) is 20.3 Å². The molecule has 2 rings (SSSR count). The van der Waals surface area contributed by atoms with Gasteiger partial charge in [-0.1, -0.05) is 11.6 Å². The summed E-state index contributed by atoms with van der Waals surface area (Å²) in [7, 11) is 0. The van der Waals surface area contributed by atoms with Crippen molar-refractivity contribution >= 4 is 22.9 Å². The lowest BCUT2D eigenvalue weighted by atomic mass is 10.1. The fraction of sp³-hybridized carbons (Fsp3) is 0.417. The molecule has 86 valence electrons. The first kappa shape index (κ1) is 11.2. The van der Waals surface area contributed by atoms with Gasteiger partial charge in [-0.3, -0.25) is 4.79 Å². The maximum absolute atomic E-state index is 12.2. The Labute approximate surface area is 99.6 Å². The molecule has 0 saturated heterocycles. The third kappa shape index (κ3) is 2.11. The first-order valence-electron chi connectivity index (χ1n) is 5.38. The van der Waals surface area contributed by atoms with Gasteiger partial charge in [0.05, 0.1) is 4.88 Å². The van der Waals surface area contributed by atoms with E-state index in [0.29, 0.717) is 0 Å². The third-order valence-electron chi connectivity index (χ3n) is 2.79. The van der Waals surface area contributed by atoms with Gasteiger partial charge >= 0.3 is 0 Å². The Bertz CT molecular complexity index is 428. The van der Waals surface area contributed by atoms with Gasteiger partial charge in [0.2, 0.25) is 0 Å². The third-order valence-corrected chi connectivity index (χ3v) is 3.84. The van der Waals surface area contributed by atoms with Crippen LogP contribution in [0.5, 0.6) is 0 Å². The summed E-state index contributed by atoms with van der Waals surface area (Å²) in [6.07, 6.45) is 3.15. The number of nitrogen functional groups attached to an aromatic ring is 1. The summed E-state index contributed by atoms with van der Waals surface area (Å²) in [5, 5.41) is 0. The molecule has 4 heteroatoms. The van der Waals surface area contributed by atoms with Crippen molar-refractivity contribution in [2.75, 3.05) is 18.8 Å². The van der Waals surface area contributed by atoms with Crippen molar-refractivity contribution in [1.82, 2.24) is 4.90 Å². The first-order valence-corrected chi connectivity index (χ1v) is 6.20. The normalized spacial score (nSPS) is 16.1. The number of aryl methyl sites for hydroxylation is 1. The van der Waals surface area contributed by atoms with E-state index in [4.69, 9.17) is 5.73 Å². The molecule has 1 amide bonds. The van der Waals surface area contributed by atoms with Gasteiger partial charge in [0.25, 0.3) is 5.91 Å². The number of thiophene rings is 1. The van der Waals surface area contributed by atoms with E-state index in [9.17, 15) is 4.79 Å². The SMILES string of the molecule is CC1=CCCN(C(=O)c2cc(N)c(C)s2)C1. The molecule has 0 atom stereocenters. The highest BCUT2D eigenvalue weighted by atomic mass is 32.1. The molecule has 1 aromatic heterocycles. The topological polar surface area (TPSA) is 46.3 Å². The molecule has 0 bridgehead atoms. The fourth-order valence-electron chi connectivity index (χ4n) is 1.84. The summed E-state index contributed by atoms with van der Waals surface area (Å²) in [6.45, 7) is 5.56. The van der Waals surface area contributed by atoms with Crippen molar-refractivity contribution in [2.24, 2.45) is 0 Å². The predicted molar refractivity (Wildman–Crippen MR) is 67.7 cm³/mol. The number of rotatable bonds is 1. The Morgan fingerprint density at radius 2 is 2.25 bits per heavy atom. The maximum Gasteiger partial charge on any atom is 0.264 e. The Hall–Kier alpha value is -1.29. The van der Waals surface area contributed by atoms with Crippen LogP contribution in [0.1, 0.15) is 27.9 Å². The van der Waals surface area contributed by atoms with E-state index in [-0.39, 0.29) is 5.91 Å². The number of carbonyl (C=O) groups is 1. The molecule has 2 heterocycles. The lowest BCUT2D eigenvalue weighted by molar-refractivity contribution is 0.0771. The number of carbonyl (C=O) groups excluding carboxylic acids is 1. The molecule has 0 radical (unpaired) electrons. The summed E-state index contributed by atoms with van der Waals surface area (Å²) in [5.41, 5.74) is 7.75. The van der Waals surface area contributed by atoms with Crippen LogP contribution in [0.3, 0.4) is 0 Å². The average molecular weight is 236 g/mol. The molecule has 1 aliphatic rings. The number of anilines is 1. The van der Waals surface area contributed by atoms with Gasteiger partial charge in [-0.2, -0.15) is 0 Å². The molecule has 0 aliphatic carbocycles. The predicted octanol–water partition coefficient (Wildman–Crippen LogP) is 2.43. The largest absolute Gasteiger partial charge is 0.398 e. The minimum Gasteiger partial charge on any atom is -0.398 e. The van der Waals surface area contributed by atoms with Gasteiger partial charge in [0, 0.05) is 23.7 Å². The molecule has 0 spiro atoms. The van der Waals surface area contributed by atoms with Crippen LogP contribution in [0.15, 0.2) is 17.7 Å². The van der Waals surface area contributed by atoms with Crippen molar-refractivity contribution in [1.29, 1.82) is 0 Å². The van der Waals surface area contributed by atoms with Gasteiger partial charge in [-0.05, 0) is 26.3 Å². The van der Waals surface area contributed by atoms with E-state index >= 15 is 0 Å². The quantitative estimate of drug-likeness (QED) is 0.761. The first-order chi connectivity index (χ1) is 7.58. The van der Waals surface area contributed by atoms with Gasteiger partial charge in [0.1, 0.15) is 0 Å². The van der Waals surface area contributed by atoms with E-state index in [0.717, 1.165) is 35.0 Å². The molecule has 2 N–H and O–H groups in total. The van der Waals surface area contributed by atoms with Crippen LogP contribution in [-0.2, 0) is 0 Å². The van der Waals surface area contributed by atoms with Crippen molar-refractivity contribution < 1.29 is 4.79 Å². The smallest absolute Gasteiger partial charge is 0.264 e. The number of hydrogen-bond donors (Lipinski definition) is 1. The lowest BCUT2D eigenvalue weighted by Gasteiger charge is -2.25. The van der Waals surface area contributed by atoms with Crippen molar-refractivity contribution in [3.63, 3.8) is 0 Å². The number of hydrogen-bond acceptors (Lipinski definition) is 3. The molecular weight excluding hydrogens is 220 g/mol. The minimum atomic E-state index is 0.109. The Balaban J connectivity index is 2.16. The van der Waals surface area contributed by atoms with E-state index in [2.05, 4.69) is 13.0 Å². The van der Waals surface area contributed by atoms with E-state index < -0.39 is 0 Å². The summed E-state index contributed by atoms with van der Waals surface area (Å²) in [4.78, 5) is 15.8. The maximum atomic E-state index is 12.2. The van der Waals surface area contributed by atoms with Crippen LogP contribution in [0.4, 0.5) is 5.69 Å². The second-order valence-electron chi connectivity index (χ2n) is 4.19. The number of amides is 1. The van der Waals surface area contributed by atoms with E-state index in [1.54, 1.807) is 6.07 Å². The number of nitrogens with zero attached hydrogens (tertiary/aromatic N) is 1. The summed E-state index contributed by atoms with van der Waals surface area (Å²) in [5.74, 6) is 0.109. The minimum absolute atomic E-state index is 0.109. The Morgan fingerprint density at radius 1 is 1.50 bits per heavy atom.